The number of likely N-dealkylation sites (tertiary alicyclic amines) is 1. The minimum atomic E-state index is 0.665. The molecule has 0 bridgehead atoms. The number of hydrogen-bond donors (Lipinski definition) is 1. The lowest BCUT2D eigenvalue weighted by Crippen LogP contribution is -2.46. The summed E-state index contributed by atoms with van der Waals surface area (Å²) in [5.41, 5.74) is 6.24. The van der Waals surface area contributed by atoms with Gasteiger partial charge in [-0.1, -0.05) is 25.1 Å². The fourth-order valence-corrected chi connectivity index (χ4v) is 5.15. The second-order valence-corrected chi connectivity index (χ2v) is 8.97. The zero-order chi connectivity index (χ0) is 21.5. The number of aliphatic imine (C=N–C) groups is 1. The van der Waals surface area contributed by atoms with Crippen molar-refractivity contribution in [2.75, 3.05) is 36.4 Å². The lowest BCUT2D eigenvalue weighted by molar-refractivity contribution is 0.140. The molecule has 1 aromatic carbocycles. The summed E-state index contributed by atoms with van der Waals surface area (Å²) in [6.45, 7) is 8.50. The largest absolute Gasteiger partial charge is 0.422 e. The molecule has 32 heavy (non-hydrogen) atoms. The van der Waals surface area contributed by atoms with E-state index in [1.54, 1.807) is 6.34 Å². The topological polar surface area (TPSA) is 69.8 Å². The molecule has 5 heterocycles. The van der Waals surface area contributed by atoms with Gasteiger partial charge >= 0.3 is 0 Å². The van der Waals surface area contributed by atoms with Crippen molar-refractivity contribution in [3.05, 3.63) is 42.6 Å². The molecule has 2 fully saturated rings. The number of fused-ring (bicyclic) bond motifs is 2. The van der Waals surface area contributed by atoms with Gasteiger partial charge in [-0.3, -0.25) is 0 Å². The minimum Gasteiger partial charge on any atom is -0.422 e. The fraction of sp³-hybridized carbons (Fsp3) is 0.400. The number of rotatable bonds is 3. The van der Waals surface area contributed by atoms with Crippen LogP contribution in [0.1, 0.15) is 37.7 Å². The average molecular weight is 429 g/mol. The van der Waals surface area contributed by atoms with Crippen LogP contribution in [-0.4, -0.2) is 53.4 Å². The predicted molar refractivity (Wildman–Crippen MR) is 129 cm³/mol. The van der Waals surface area contributed by atoms with E-state index < -0.39 is 0 Å². The molecule has 1 N–H and O–H groups in total. The Kier molecular flexibility index (Phi) is 4.91. The van der Waals surface area contributed by atoms with Crippen LogP contribution in [0, 0.1) is 0 Å². The first-order valence-electron chi connectivity index (χ1n) is 11.6. The van der Waals surface area contributed by atoms with Gasteiger partial charge in [0.2, 0.25) is 5.65 Å². The Morgan fingerprint density at radius 1 is 1.00 bits per heavy atom. The van der Waals surface area contributed by atoms with E-state index in [0.717, 1.165) is 46.7 Å². The fourth-order valence-electron chi connectivity index (χ4n) is 5.15. The summed E-state index contributed by atoms with van der Waals surface area (Å²) in [5, 5.41) is 3.20. The summed E-state index contributed by atoms with van der Waals surface area (Å²) in [6, 6.07) is 9.64. The van der Waals surface area contributed by atoms with Gasteiger partial charge in [-0.2, -0.15) is 4.98 Å². The van der Waals surface area contributed by atoms with Crippen molar-refractivity contribution < 1.29 is 4.42 Å². The zero-order valence-electron chi connectivity index (χ0n) is 18.3. The van der Waals surface area contributed by atoms with Crippen LogP contribution < -0.4 is 10.2 Å². The lowest BCUT2D eigenvalue weighted by atomic mass is 10.0. The number of oxazole rings is 1. The van der Waals surface area contributed by atoms with Crippen molar-refractivity contribution in [2.24, 2.45) is 4.99 Å². The Labute approximate surface area is 187 Å². The molecule has 0 unspecified atom stereocenters. The maximum absolute atomic E-state index is 6.17. The van der Waals surface area contributed by atoms with Crippen molar-refractivity contribution >= 4 is 35.0 Å². The normalized spacial score (nSPS) is 19.9. The highest BCUT2D eigenvalue weighted by atomic mass is 16.4. The molecule has 0 aliphatic carbocycles. The van der Waals surface area contributed by atoms with E-state index in [1.165, 1.54) is 45.2 Å². The highest BCUT2D eigenvalue weighted by molar-refractivity contribution is 5.94. The number of piperidine rings is 2. The monoisotopic (exact) mass is 428 g/mol. The molecule has 2 saturated heterocycles. The van der Waals surface area contributed by atoms with Gasteiger partial charge in [-0.15, -0.1) is 0 Å². The quantitative estimate of drug-likeness (QED) is 0.648. The lowest BCUT2D eigenvalue weighted by Gasteiger charge is -2.39. The van der Waals surface area contributed by atoms with E-state index in [2.05, 4.69) is 48.8 Å². The second-order valence-electron chi connectivity index (χ2n) is 8.97. The SMILES string of the molecule is C=C1N=CNc2cc(-c3cnc4nc(N5CCC(N6CCCCC6)CC5)oc4c3)ccc21. The van der Waals surface area contributed by atoms with Crippen LogP contribution in [0.3, 0.4) is 0 Å². The van der Waals surface area contributed by atoms with Gasteiger partial charge in [0.25, 0.3) is 6.01 Å². The number of pyridine rings is 1. The standard InChI is InChI=1S/C25H28N6O/c1-17-21-6-5-18(13-22(21)28-16-27-17)19-14-23-24(26-15-19)29-25(32-23)31-11-7-20(8-12-31)30-9-3-2-4-10-30/h5-6,13-16,20H,1-4,7-12H2,(H,27,28). The van der Waals surface area contributed by atoms with Gasteiger partial charge in [0, 0.05) is 42.1 Å². The van der Waals surface area contributed by atoms with Crippen LogP contribution in [0.25, 0.3) is 28.1 Å². The summed E-state index contributed by atoms with van der Waals surface area (Å²) in [5.74, 6) is 0. The molecule has 0 spiro atoms. The Morgan fingerprint density at radius 3 is 2.69 bits per heavy atom. The molecule has 0 atom stereocenters. The molecular weight excluding hydrogens is 400 g/mol. The molecule has 0 radical (unpaired) electrons. The third-order valence-corrected chi connectivity index (χ3v) is 6.98. The van der Waals surface area contributed by atoms with Gasteiger partial charge in [0.05, 0.1) is 12.0 Å². The number of hydrogen-bond acceptors (Lipinski definition) is 7. The first kappa shape index (κ1) is 19.5. The van der Waals surface area contributed by atoms with Gasteiger partial charge in [0.1, 0.15) is 0 Å². The van der Waals surface area contributed by atoms with Crippen molar-refractivity contribution in [3.8, 4) is 11.1 Å². The van der Waals surface area contributed by atoms with Gasteiger partial charge in [-0.25, -0.2) is 9.98 Å². The summed E-state index contributed by atoms with van der Waals surface area (Å²) in [7, 11) is 0. The number of anilines is 2. The van der Waals surface area contributed by atoms with Crippen LogP contribution in [-0.2, 0) is 0 Å². The minimum absolute atomic E-state index is 0.665. The highest BCUT2D eigenvalue weighted by Gasteiger charge is 2.27. The Morgan fingerprint density at radius 2 is 1.84 bits per heavy atom. The summed E-state index contributed by atoms with van der Waals surface area (Å²) >= 11 is 0. The third-order valence-electron chi connectivity index (χ3n) is 6.98. The maximum atomic E-state index is 6.17. The molecule has 7 nitrogen and oxygen atoms in total. The van der Waals surface area contributed by atoms with Gasteiger partial charge in [0.15, 0.2) is 5.58 Å². The van der Waals surface area contributed by atoms with Crippen molar-refractivity contribution in [1.29, 1.82) is 0 Å². The van der Waals surface area contributed by atoms with E-state index in [9.17, 15) is 0 Å². The summed E-state index contributed by atoms with van der Waals surface area (Å²) in [6.07, 6.45) is 9.97. The number of benzene rings is 1. The smallest absolute Gasteiger partial charge is 0.299 e. The zero-order valence-corrected chi connectivity index (χ0v) is 18.3. The number of aromatic nitrogens is 2. The average Bonchev–Trinajstić information content (AvgIpc) is 3.28. The van der Waals surface area contributed by atoms with Gasteiger partial charge in [-0.05, 0) is 56.5 Å². The molecule has 0 saturated carbocycles. The number of nitrogens with zero attached hydrogens (tertiary/aromatic N) is 5. The van der Waals surface area contributed by atoms with Gasteiger partial charge < -0.3 is 19.5 Å². The molecule has 2 aromatic heterocycles. The summed E-state index contributed by atoms with van der Waals surface area (Å²) < 4.78 is 6.17. The molecule has 0 amide bonds. The van der Waals surface area contributed by atoms with E-state index >= 15 is 0 Å². The Balaban J connectivity index is 1.20. The molecule has 3 aromatic rings. The van der Waals surface area contributed by atoms with Crippen molar-refractivity contribution in [2.45, 2.75) is 38.1 Å². The van der Waals surface area contributed by atoms with Crippen LogP contribution in [0.5, 0.6) is 0 Å². The van der Waals surface area contributed by atoms with Crippen molar-refractivity contribution in [1.82, 2.24) is 14.9 Å². The molecule has 3 aliphatic rings. The first-order valence-corrected chi connectivity index (χ1v) is 11.6. The van der Waals surface area contributed by atoms with E-state index in [-0.39, 0.29) is 0 Å². The summed E-state index contributed by atoms with van der Waals surface area (Å²) in [4.78, 5) is 18.4. The van der Waals surface area contributed by atoms with E-state index in [1.807, 2.05) is 18.3 Å². The van der Waals surface area contributed by atoms with Crippen LogP contribution in [0.4, 0.5) is 11.7 Å². The molecule has 7 heteroatoms. The van der Waals surface area contributed by atoms with E-state index in [0.29, 0.717) is 17.7 Å². The third kappa shape index (κ3) is 3.56. The second kappa shape index (κ2) is 8.06. The molecular formula is C25H28N6O. The van der Waals surface area contributed by atoms with Crippen LogP contribution >= 0.6 is 0 Å². The maximum Gasteiger partial charge on any atom is 0.299 e. The Bertz CT molecular complexity index is 1180. The Hall–Kier alpha value is -3.19. The van der Waals surface area contributed by atoms with E-state index in [4.69, 9.17) is 4.42 Å². The molecule has 164 valence electrons. The molecule has 3 aliphatic heterocycles. The molecule has 6 rings (SSSR count). The van der Waals surface area contributed by atoms with Crippen LogP contribution in [0.2, 0.25) is 0 Å². The van der Waals surface area contributed by atoms with Crippen LogP contribution in [0.15, 0.2) is 46.5 Å². The number of nitrogens with one attached hydrogen (secondary N) is 1. The first-order chi connectivity index (χ1) is 15.7. The highest BCUT2D eigenvalue weighted by Crippen LogP contribution is 2.33. The predicted octanol–water partition coefficient (Wildman–Crippen LogP) is 4.77. The van der Waals surface area contributed by atoms with Crippen molar-refractivity contribution in [3.63, 3.8) is 0 Å².